The van der Waals surface area contributed by atoms with Crippen molar-refractivity contribution in [2.75, 3.05) is 18.4 Å². The van der Waals surface area contributed by atoms with Crippen LogP contribution in [0.25, 0.3) is 0 Å². The molecule has 5 heteroatoms. The van der Waals surface area contributed by atoms with Crippen molar-refractivity contribution in [3.8, 4) is 0 Å². The van der Waals surface area contributed by atoms with Crippen LogP contribution in [0.15, 0.2) is 18.2 Å². The molecule has 2 amide bonds. The van der Waals surface area contributed by atoms with Crippen molar-refractivity contribution in [3.05, 3.63) is 29.3 Å². The maximum absolute atomic E-state index is 12.6. The SMILES string of the molecule is CCCCCCCCCCCC(=O)N1CCC2(CC1)NC(=O)c1cccc(C)c1N2. The summed E-state index contributed by atoms with van der Waals surface area (Å²) in [6.07, 6.45) is 13.6. The van der Waals surface area contributed by atoms with Crippen molar-refractivity contribution >= 4 is 17.5 Å². The summed E-state index contributed by atoms with van der Waals surface area (Å²) in [5, 5.41) is 6.76. The molecule has 0 aliphatic carbocycles. The monoisotopic (exact) mass is 413 g/mol. The van der Waals surface area contributed by atoms with Gasteiger partial charge in [-0.1, -0.05) is 70.4 Å². The van der Waals surface area contributed by atoms with Crippen LogP contribution in [0.4, 0.5) is 5.69 Å². The number of hydrogen-bond donors (Lipinski definition) is 2. The Morgan fingerprint density at radius 2 is 1.60 bits per heavy atom. The molecule has 166 valence electrons. The van der Waals surface area contributed by atoms with Crippen LogP contribution in [0.3, 0.4) is 0 Å². The Morgan fingerprint density at radius 1 is 0.967 bits per heavy atom. The van der Waals surface area contributed by atoms with E-state index in [0.717, 1.165) is 36.9 Å². The van der Waals surface area contributed by atoms with Crippen LogP contribution < -0.4 is 10.6 Å². The van der Waals surface area contributed by atoms with Crippen molar-refractivity contribution in [1.82, 2.24) is 10.2 Å². The third-order valence-corrected chi connectivity index (χ3v) is 6.70. The molecule has 2 aliphatic heterocycles. The Kier molecular flexibility index (Phi) is 8.17. The molecule has 0 saturated carbocycles. The Balaban J connectivity index is 1.37. The smallest absolute Gasteiger partial charge is 0.255 e. The molecule has 5 nitrogen and oxygen atoms in total. The van der Waals surface area contributed by atoms with Gasteiger partial charge in [0.15, 0.2) is 0 Å². The largest absolute Gasteiger partial charge is 0.362 e. The lowest BCUT2D eigenvalue weighted by Crippen LogP contribution is -2.62. The molecule has 2 aliphatic rings. The summed E-state index contributed by atoms with van der Waals surface area (Å²) in [7, 11) is 0. The number of benzene rings is 1. The minimum atomic E-state index is -0.426. The average Bonchev–Trinajstić information content (AvgIpc) is 2.74. The highest BCUT2D eigenvalue weighted by molar-refractivity contribution is 6.02. The van der Waals surface area contributed by atoms with Gasteiger partial charge in [-0.25, -0.2) is 0 Å². The quantitative estimate of drug-likeness (QED) is 0.506. The van der Waals surface area contributed by atoms with Crippen LogP contribution in [-0.2, 0) is 4.79 Å². The van der Waals surface area contributed by atoms with Crippen molar-refractivity contribution in [2.24, 2.45) is 0 Å². The molecule has 0 atom stereocenters. The first kappa shape index (κ1) is 22.6. The first-order valence-corrected chi connectivity index (χ1v) is 12.0. The molecule has 0 unspecified atom stereocenters. The third-order valence-electron chi connectivity index (χ3n) is 6.70. The fraction of sp³-hybridized carbons (Fsp3) is 0.680. The van der Waals surface area contributed by atoms with Gasteiger partial charge in [0, 0.05) is 32.4 Å². The highest BCUT2D eigenvalue weighted by atomic mass is 16.2. The summed E-state index contributed by atoms with van der Waals surface area (Å²) < 4.78 is 0. The van der Waals surface area contributed by atoms with Gasteiger partial charge in [0.1, 0.15) is 5.66 Å². The van der Waals surface area contributed by atoms with Gasteiger partial charge in [0.2, 0.25) is 5.91 Å². The van der Waals surface area contributed by atoms with E-state index >= 15 is 0 Å². The Labute approximate surface area is 182 Å². The second-order valence-electron chi connectivity index (χ2n) is 9.12. The van der Waals surface area contributed by atoms with Crippen molar-refractivity contribution in [2.45, 2.75) is 96.6 Å². The lowest BCUT2D eigenvalue weighted by atomic mass is 9.91. The zero-order valence-electron chi connectivity index (χ0n) is 18.9. The number of para-hydroxylation sites is 1. The Hall–Kier alpha value is -2.04. The molecular formula is C25H39N3O2. The zero-order chi connectivity index (χ0) is 21.4. The van der Waals surface area contributed by atoms with Gasteiger partial charge in [0.25, 0.3) is 5.91 Å². The van der Waals surface area contributed by atoms with E-state index in [1.54, 1.807) is 0 Å². The number of piperidine rings is 1. The summed E-state index contributed by atoms with van der Waals surface area (Å²) in [6, 6.07) is 5.81. The first-order valence-electron chi connectivity index (χ1n) is 12.0. The number of aryl methyl sites for hydroxylation is 1. The van der Waals surface area contributed by atoms with Crippen LogP contribution in [0.1, 0.15) is 99.9 Å². The number of fused-ring (bicyclic) bond motifs is 1. The molecule has 30 heavy (non-hydrogen) atoms. The molecular weight excluding hydrogens is 374 g/mol. The molecule has 3 rings (SSSR count). The molecule has 0 bridgehead atoms. The Bertz CT molecular complexity index is 723. The van der Waals surface area contributed by atoms with E-state index in [9.17, 15) is 9.59 Å². The predicted octanol–water partition coefficient (Wildman–Crippen LogP) is 5.39. The van der Waals surface area contributed by atoms with E-state index in [1.165, 1.54) is 44.9 Å². The second kappa shape index (κ2) is 10.8. The number of rotatable bonds is 10. The van der Waals surface area contributed by atoms with Gasteiger partial charge in [-0.05, 0) is 25.0 Å². The topological polar surface area (TPSA) is 61.4 Å². The van der Waals surface area contributed by atoms with Crippen LogP contribution in [0, 0.1) is 6.92 Å². The number of nitrogens with one attached hydrogen (secondary N) is 2. The van der Waals surface area contributed by atoms with Crippen molar-refractivity contribution in [3.63, 3.8) is 0 Å². The molecule has 1 spiro atoms. The number of anilines is 1. The molecule has 1 aromatic carbocycles. The van der Waals surface area contributed by atoms with Gasteiger partial charge < -0.3 is 15.5 Å². The number of nitrogens with zero attached hydrogens (tertiary/aromatic N) is 1. The van der Waals surface area contributed by atoms with Crippen molar-refractivity contribution in [1.29, 1.82) is 0 Å². The standard InChI is InChI=1S/C25H39N3O2/c1-3-4-5-6-7-8-9-10-11-15-22(29)28-18-16-25(17-19-28)26-23-20(2)13-12-14-21(23)24(30)27-25/h12-14,26H,3-11,15-19H2,1-2H3,(H,27,30). The minimum Gasteiger partial charge on any atom is -0.362 e. The lowest BCUT2D eigenvalue weighted by Gasteiger charge is -2.46. The second-order valence-corrected chi connectivity index (χ2v) is 9.12. The third kappa shape index (κ3) is 5.77. The van der Waals surface area contributed by atoms with Crippen LogP contribution in [0.5, 0.6) is 0 Å². The maximum atomic E-state index is 12.6. The normalized spacial score (nSPS) is 17.4. The average molecular weight is 414 g/mol. The molecule has 1 aromatic rings. The van der Waals surface area contributed by atoms with Gasteiger partial charge in [0.05, 0.1) is 11.3 Å². The minimum absolute atomic E-state index is 0.0121. The number of likely N-dealkylation sites (tertiary alicyclic amines) is 1. The molecule has 0 aromatic heterocycles. The van der Waals surface area contributed by atoms with Crippen LogP contribution in [0.2, 0.25) is 0 Å². The fourth-order valence-electron chi connectivity index (χ4n) is 4.71. The van der Waals surface area contributed by atoms with E-state index in [2.05, 4.69) is 17.6 Å². The molecule has 2 N–H and O–H groups in total. The van der Waals surface area contributed by atoms with Crippen molar-refractivity contribution < 1.29 is 9.59 Å². The highest BCUT2D eigenvalue weighted by Crippen LogP contribution is 2.33. The number of unbranched alkanes of at least 4 members (excludes halogenated alkanes) is 8. The molecule has 0 radical (unpaired) electrons. The maximum Gasteiger partial charge on any atom is 0.255 e. The number of carbonyl (C=O) groups excluding carboxylic acids is 2. The van der Waals surface area contributed by atoms with Gasteiger partial charge >= 0.3 is 0 Å². The fourth-order valence-corrected chi connectivity index (χ4v) is 4.71. The van der Waals surface area contributed by atoms with E-state index in [4.69, 9.17) is 0 Å². The van der Waals surface area contributed by atoms with Gasteiger partial charge in [-0.3, -0.25) is 9.59 Å². The highest BCUT2D eigenvalue weighted by Gasteiger charge is 2.41. The summed E-state index contributed by atoms with van der Waals surface area (Å²) in [5.41, 5.74) is 2.32. The van der Waals surface area contributed by atoms with E-state index in [-0.39, 0.29) is 11.8 Å². The predicted molar refractivity (Wildman–Crippen MR) is 123 cm³/mol. The van der Waals surface area contributed by atoms with Gasteiger partial charge in [-0.15, -0.1) is 0 Å². The lowest BCUT2D eigenvalue weighted by molar-refractivity contribution is -0.132. The van der Waals surface area contributed by atoms with E-state index in [1.807, 2.05) is 30.0 Å². The molecule has 1 fully saturated rings. The Morgan fingerprint density at radius 3 is 2.27 bits per heavy atom. The summed E-state index contributed by atoms with van der Waals surface area (Å²) in [4.78, 5) is 27.2. The molecule has 2 heterocycles. The summed E-state index contributed by atoms with van der Waals surface area (Å²) in [5.74, 6) is 0.258. The number of hydrogen-bond acceptors (Lipinski definition) is 3. The summed E-state index contributed by atoms with van der Waals surface area (Å²) in [6.45, 7) is 5.68. The first-order chi connectivity index (χ1) is 14.5. The summed E-state index contributed by atoms with van der Waals surface area (Å²) >= 11 is 0. The molecule has 1 saturated heterocycles. The van der Waals surface area contributed by atoms with Gasteiger partial charge in [-0.2, -0.15) is 0 Å². The number of carbonyl (C=O) groups is 2. The van der Waals surface area contributed by atoms with Crippen LogP contribution in [-0.4, -0.2) is 35.5 Å². The van der Waals surface area contributed by atoms with E-state index in [0.29, 0.717) is 25.1 Å². The number of amides is 2. The van der Waals surface area contributed by atoms with Crippen LogP contribution >= 0.6 is 0 Å². The van der Waals surface area contributed by atoms with E-state index < -0.39 is 5.66 Å². The zero-order valence-corrected chi connectivity index (χ0v) is 18.9.